The quantitative estimate of drug-likeness (QED) is 0.821. The van der Waals surface area contributed by atoms with Crippen molar-refractivity contribution in [2.45, 2.75) is 57.1 Å². The van der Waals surface area contributed by atoms with Crippen LogP contribution in [-0.4, -0.2) is 53.3 Å². The number of nitrogens with zero attached hydrogens (tertiary/aromatic N) is 1. The molecule has 2 fully saturated rings. The number of aliphatic carboxylic acids is 1. The fraction of sp³-hybridized carbons (Fsp3) is 0.857. The second kappa shape index (κ2) is 6.43. The number of amides is 2. The Kier molecular flexibility index (Phi) is 4.86. The van der Waals surface area contributed by atoms with Crippen LogP contribution in [-0.2, 0) is 9.53 Å². The maximum Gasteiger partial charge on any atom is 0.329 e. The van der Waals surface area contributed by atoms with Gasteiger partial charge in [-0.15, -0.1) is 0 Å². The SMILES string of the molecule is CC1(C(=O)O)CCCN1C(=O)NCCC1CCCCO1. The molecular formula is C14H24N2O4. The van der Waals surface area contributed by atoms with Crippen LogP contribution >= 0.6 is 0 Å². The Hall–Kier alpha value is -1.30. The van der Waals surface area contributed by atoms with Gasteiger partial charge in [-0.1, -0.05) is 0 Å². The molecule has 2 saturated heterocycles. The minimum absolute atomic E-state index is 0.230. The van der Waals surface area contributed by atoms with Crippen LogP contribution in [0, 0.1) is 0 Å². The summed E-state index contributed by atoms with van der Waals surface area (Å²) in [6, 6.07) is -0.275. The van der Waals surface area contributed by atoms with Gasteiger partial charge in [-0.05, 0) is 45.4 Å². The molecule has 0 aromatic heterocycles. The van der Waals surface area contributed by atoms with Gasteiger partial charge in [0.1, 0.15) is 5.54 Å². The highest BCUT2D eigenvalue weighted by atomic mass is 16.5. The number of carbonyl (C=O) groups excluding carboxylic acids is 1. The first-order valence-electron chi connectivity index (χ1n) is 7.44. The van der Waals surface area contributed by atoms with Crippen molar-refractivity contribution in [2.75, 3.05) is 19.7 Å². The van der Waals surface area contributed by atoms with Crippen LogP contribution in [0.15, 0.2) is 0 Å². The fourth-order valence-electron chi connectivity index (χ4n) is 2.98. The van der Waals surface area contributed by atoms with E-state index in [4.69, 9.17) is 4.74 Å². The molecule has 0 aromatic rings. The van der Waals surface area contributed by atoms with E-state index < -0.39 is 11.5 Å². The van der Waals surface area contributed by atoms with Crippen molar-refractivity contribution < 1.29 is 19.4 Å². The summed E-state index contributed by atoms with van der Waals surface area (Å²) >= 11 is 0. The van der Waals surface area contributed by atoms with Crippen LogP contribution < -0.4 is 5.32 Å². The molecule has 0 radical (unpaired) electrons. The molecule has 2 aliphatic rings. The van der Waals surface area contributed by atoms with E-state index in [1.807, 2.05) is 0 Å². The van der Waals surface area contributed by atoms with Gasteiger partial charge in [0.25, 0.3) is 0 Å². The second-order valence-electron chi connectivity index (χ2n) is 5.84. The van der Waals surface area contributed by atoms with Crippen molar-refractivity contribution in [3.63, 3.8) is 0 Å². The molecule has 2 amide bonds. The molecule has 0 aliphatic carbocycles. The molecule has 114 valence electrons. The van der Waals surface area contributed by atoms with E-state index in [0.717, 1.165) is 32.3 Å². The first-order valence-corrected chi connectivity index (χ1v) is 7.44. The Morgan fingerprint density at radius 1 is 1.40 bits per heavy atom. The molecular weight excluding hydrogens is 260 g/mol. The molecule has 2 atom stereocenters. The van der Waals surface area contributed by atoms with Crippen LogP contribution in [0.4, 0.5) is 4.79 Å². The van der Waals surface area contributed by atoms with Crippen LogP contribution in [0.1, 0.15) is 45.4 Å². The Balaban J connectivity index is 1.78. The highest BCUT2D eigenvalue weighted by molar-refractivity contribution is 5.86. The maximum atomic E-state index is 12.1. The number of hydrogen-bond donors (Lipinski definition) is 2. The lowest BCUT2D eigenvalue weighted by molar-refractivity contribution is -0.147. The van der Waals surface area contributed by atoms with Gasteiger partial charge in [0, 0.05) is 19.7 Å². The number of carboxylic acid groups (broad SMARTS) is 1. The van der Waals surface area contributed by atoms with Gasteiger partial charge in [-0.3, -0.25) is 0 Å². The van der Waals surface area contributed by atoms with Gasteiger partial charge in [-0.2, -0.15) is 0 Å². The van der Waals surface area contributed by atoms with E-state index in [9.17, 15) is 14.7 Å². The predicted molar refractivity (Wildman–Crippen MR) is 73.6 cm³/mol. The molecule has 0 bridgehead atoms. The third-order valence-electron chi connectivity index (χ3n) is 4.36. The molecule has 6 heteroatoms. The van der Waals surface area contributed by atoms with E-state index >= 15 is 0 Å². The Bertz CT molecular complexity index is 368. The summed E-state index contributed by atoms with van der Waals surface area (Å²) in [7, 11) is 0. The van der Waals surface area contributed by atoms with Crippen molar-refractivity contribution >= 4 is 12.0 Å². The molecule has 0 aromatic carbocycles. The average molecular weight is 284 g/mol. The summed E-state index contributed by atoms with van der Waals surface area (Å²) in [6.07, 6.45) is 5.63. The topological polar surface area (TPSA) is 78.9 Å². The van der Waals surface area contributed by atoms with Gasteiger partial charge in [0.05, 0.1) is 6.10 Å². The minimum Gasteiger partial charge on any atom is -0.480 e. The number of rotatable bonds is 4. The molecule has 2 N–H and O–H groups in total. The van der Waals surface area contributed by atoms with Gasteiger partial charge in [-0.25, -0.2) is 9.59 Å². The Labute approximate surface area is 119 Å². The van der Waals surface area contributed by atoms with Crippen molar-refractivity contribution in [3.8, 4) is 0 Å². The molecule has 0 spiro atoms. The average Bonchev–Trinajstić information content (AvgIpc) is 2.83. The predicted octanol–water partition coefficient (Wildman–Crippen LogP) is 1.59. The normalized spacial score (nSPS) is 30.2. The van der Waals surface area contributed by atoms with Crippen LogP contribution in [0.25, 0.3) is 0 Å². The molecule has 2 rings (SSSR count). The summed E-state index contributed by atoms with van der Waals surface area (Å²) in [4.78, 5) is 24.9. The van der Waals surface area contributed by atoms with Crippen LogP contribution in [0.2, 0.25) is 0 Å². The second-order valence-corrected chi connectivity index (χ2v) is 5.84. The van der Waals surface area contributed by atoms with Gasteiger partial charge in [0.2, 0.25) is 0 Å². The van der Waals surface area contributed by atoms with Crippen molar-refractivity contribution in [2.24, 2.45) is 0 Å². The number of carbonyl (C=O) groups is 2. The lowest BCUT2D eigenvalue weighted by Gasteiger charge is -2.31. The maximum absolute atomic E-state index is 12.1. The largest absolute Gasteiger partial charge is 0.480 e. The first-order chi connectivity index (χ1) is 9.54. The molecule has 2 aliphatic heterocycles. The standard InChI is InChI=1S/C14H24N2O4/c1-14(12(17)18)7-4-9-16(14)13(19)15-8-6-11-5-2-3-10-20-11/h11H,2-10H2,1H3,(H,15,19)(H,17,18). The zero-order chi connectivity index (χ0) is 14.6. The summed E-state index contributed by atoms with van der Waals surface area (Å²) < 4.78 is 5.61. The number of ether oxygens (including phenoxy) is 1. The monoisotopic (exact) mass is 284 g/mol. The zero-order valence-corrected chi connectivity index (χ0v) is 12.1. The zero-order valence-electron chi connectivity index (χ0n) is 12.1. The van der Waals surface area contributed by atoms with Gasteiger partial charge < -0.3 is 20.1 Å². The molecule has 2 unspecified atom stereocenters. The van der Waals surface area contributed by atoms with E-state index in [0.29, 0.717) is 19.5 Å². The lowest BCUT2D eigenvalue weighted by atomic mass is 10.00. The van der Waals surface area contributed by atoms with Crippen molar-refractivity contribution in [3.05, 3.63) is 0 Å². The summed E-state index contributed by atoms with van der Waals surface area (Å²) in [6.45, 7) is 3.47. The van der Waals surface area contributed by atoms with Crippen molar-refractivity contribution in [1.82, 2.24) is 10.2 Å². The Morgan fingerprint density at radius 2 is 2.20 bits per heavy atom. The number of hydrogen-bond acceptors (Lipinski definition) is 3. The van der Waals surface area contributed by atoms with Crippen LogP contribution in [0.5, 0.6) is 0 Å². The molecule has 6 nitrogen and oxygen atoms in total. The smallest absolute Gasteiger partial charge is 0.329 e. The lowest BCUT2D eigenvalue weighted by Crippen LogP contribution is -2.54. The van der Waals surface area contributed by atoms with Crippen LogP contribution in [0.3, 0.4) is 0 Å². The fourth-order valence-corrected chi connectivity index (χ4v) is 2.98. The molecule has 20 heavy (non-hydrogen) atoms. The molecule has 2 heterocycles. The highest BCUT2D eigenvalue weighted by Crippen LogP contribution is 2.29. The summed E-state index contributed by atoms with van der Waals surface area (Å²) in [5.41, 5.74) is -1.06. The number of urea groups is 1. The third-order valence-corrected chi connectivity index (χ3v) is 4.36. The Morgan fingerprint density at radius 3 is 2.85 bits per heavy atom. The molecule has 0 saturated carbocycles. The first kappa shape index (κ1) is 15.1. The van der Waals surface area contributed by atoms with Crippen molar-refractivity contribution in [1.29, 1.82) is 0 Å². The summed E-state index contributed by atoms with van der Waals surface area (Å²) in [5.74, 6) is -0.930. The number of carboxylic acids is 1. The highest BCUT2D eigenvalue weighted by Gasteiger charge is 2.45. The van der Waals surface area contributed by atoms with E-state index in [-0.39, 0.29) is 12.1 Å². The number of likely N-dealkylation sites (tertiary alicyclic amines) is 1. The summed E-state index contributed by atoms with van der Waals surface area (Å²) in [5, 5.41) is 12.1. The van der Waals surface area contributed by atoms with E-state index in [1.54, 1.807) is 6.92 Å². The third kappa shape index (κ3) is 3.23. The number of nitrogens with one attached hydrogen (secondary N) is 1. The van der Waals surface area contributed by atoms with Gasteiger partial charge >= 0.3 is 12.0 Å². The van der Waals surface area contributed by atoms with E-state index in [2.05, 4.69) is 5.32 Å². The minimum atomic E-state index is -1.06. The van der Waals surface area contributed by atoms with Gasteiger partial charge in [0.15, 0.2) is 0 Å². The van der Waals surface area contributed by atoms with E-state index in [1.165, 1.54) is 11.3 Å².